The van der Waals surface area contributed by atoms with Crippen LogP contribution in [0.15, 0.2) is 16.6 Å². The van der Waals surface area contributed by atoms with Crippen molar-refractivity contribution in [3.63, 3.8) is 0 Å². The number of hydrogen-bond donors (Lipinski definition) is 1. The zero-order valence-corrected chi connectivity index (χ0v) is 10.3. The maximum absolute atomic E-state index is 12.9. The SMILES string of the molecule is Nc1cc(F)c(Br)cc1OC(C(F)(F)F)C(F)(F)F. The van der Waals surface area contributed by atoms with Crippen LogP contribution in [0.3, 0.4) is 0 Å². The van der Waals surface area contributed by atoms with Gasteiger partial charge in [-0.05, 0) is 22.0 Å². The molecular formula is C9H5BrF7NO. The predicted octanol–water partition coefficient (Wildman–Crippen LogP) is 4.04. The third kappa shape index (κ3) is 3.88. The molecule has 0 unspecified atom stereocenters. The molecule has 1 rings (SSSR count). The van der Waals surface area contributed by atoms with Gasteiger partial charge in [0.1, 0.15) is 11.6 Å². The highest BCUT2D eigenvalue weighted by molar-refractivity contribution is 9.10. The molecule has 10 heteroatoms. The lowest BCUT2D eigenvalue weighted by Crippen LogP contribution is -2.46. The first-order valence-electron chi connectivity index (χ1n) is 4.47. The topological polar surface area (TPSA) is 35.2 Å². The van der Waals surface area contributed by atoms with Gasteiger partial charge in [0.2, 0.25) is 0 Å². The summed E-state index contributed by atoms with van der Waals surface area (Å²) in [5.74, 6) is -1.87. The zero-order chi connectivity index (χ0) is 15.0. The van der Waals surface area contributed by atoms with Crippen molar-refractivity contribution in [3.05, 3.63) is 22.4 Å². The number of halogens is 8. The monoisotopic (exact) mass is 355 g/mol. The molecule has 2 N–H and O–H groups in total. The van der Waals surface area contributed by atoms with E-state index in [1.165, 1.54) is 0 Å². The number of hydrogen-bond acceptors (Lipinski definition) is 2. The summed E-state index contributed by atoms with van der Waals surface area (Å²) in [6.07, 6.45) is -15.4. The molecule has 0 heterocycles. The molecule has 0 spiro atoms. The fourth-order valence-electron chi connectivity index (χ4n) is 1.09. The minimum Gasteiger partial charge on any atom is -0.469 e. The number of nitrogens with two attached hydrogens (primary N) is 1. The summed E-state index contributed by atoms with van der Waals surface area (Å²) in [6, 6.07) is 1.14. The second kappa shape index (κ2) is 5.06. The summed E-state index contributed by atoms with van der Waals surface area (Å²) in [4.78, 5) is 0. The molecule has 1 aromatic rings. The number of benzene rings is 1. The van der Waals surface area contributed by atoms with Gasteiger partial charge in [-0.25, -0.2) is 4.39 Å². The molecule has 0 amide bonds. The highest BCUT2D eigenvalue weighted by atomic mass is 79.9. The lowest BCUT2D eigenvalue weighted by Gasteiger charge is -2.24. The molecular weight excluding hydrogens is 351 g/mol. The van der Waals surface area contributed by atoms with Gasteiger partial charge in [0.25, 0.3) is 6.10 Å². The van der Waals surface area contributed by atoms with Crippen molar-refractivity contribution in [1.29, 1.82) is 0 Å². The van der Waals surface area contributed by atoms with Crippen LogP contribution >= 0.6 is 15.9 Å². The number of nitrogen functional groups attached to an aromatic ring is 1. The molecule has 0 saturated heterocycles. The largest absolute Gasteiger partial charge is 0.469 e. The van der Waals surface area contributed by atoms with Crippen LogP contribution in [0.25, 0.3) is 0 Å². The summed E-state index contributed by atoms with van der Waals surface area (Å²) in [5.41, 5.74) is 4.42. The quantitative estimate of drug-likeness (QED) is 0.641. The number of alkyl halides is 6. The summed E-state index contributed by atoms with van der Waals surface area (Å²) >= 11 is 2.60. The van der Waals surface area contributed by atoms with Crippen molar-refractivity contribution < 1.29 is 35.5 Å². The molecule has 2 nitrogen and oxygen atoms in total. The van der Waals surface area contributed by atoms with Crippen LogP contribution in [0.1, 0.15) is 0 Å². The highest BCUT2D eigenvalue weighted by Gasteiger charge is 2.59. The third-order valence-corrected chi connectivity index (χ3v) is 2.50. The van der Waals surface area contributed by atoms with Gasteiger partial charge in [-0.2, -0.15) is 26.3 Å². The fourth-order valence-corrected chi connectivity index (χ4v) is 1.41. The van der Waals surface area contributed by atoms with Crippen LogP contribution in [0.5, 0.6) is 5.75 Å². The third-order valence-electron chi connectivity index (χ3n) is 1.89. The van der Waals surface area contributed by atoms with E-state index in [1.807, 2.05) is 0 Å². The summed E-state index contributed by atoms with van der Waals surface area (Å²) in [6.45, 7) is 0. The molecule has 0 aliphatic rings. The maximum atomic E-state index is 12.9. The Morgan fingerprint density at radius 3 is 1.95 bits per heavy atom. The Labute approximate surface area is 110 Å². The van der Waals surface area contributed by atoms with Crippen LogP contribution in [0.2, 0.25) is 0 Å². The van der Waals surface area contributed by atoms with Crippen LogP contribution in [0, 0.1) is 5.82 Å². The first-order valence-corrected chi connectivity index (χ1v) is 5.27. The molecule has 0 aromatic heterocycles. The van der Waals surface area contributed by atoms with Crippen molar-refractivity contribution in [3.8, 4) is 5.75 Å². The van der Waals surface area contributed by atoms with E-state index in [-0.39, 0.29) is 4.47 Å². The van der Waals surface area contributed by atoms with E-state index in [1.54, 1.807) is 0 Å². The van der Waals surface area contributed by atoms with Gasteiger partial charge < -0.3 is 10.5 Å². The van der Waals surface area contributed by atoms with Crippen LogP contribution in [-0.2, 0) is 0 Å². The number of ether oxygens (including phenoxy) is 1. The number of rotatable bonds is 2. The van der Waals surface area contributed by atoms with Gasteiger partial charge in [0.15, 0.2) is 0 Å². The molecule has 0 fully saturated rings. The lowest BCUT2D eigenvalue weighted by atomic mass is 10.2. The van der Waals surface area contributed by atoms with E-state index < -0.39 is 35.7 Å². The maximum Gasteiger partial charge on any atom is 0.434 e. The molecule has 0 aliphatic heterocycles. The Morgan fingerprint density at radius 1 is 1.05 bits per heavy atom. The molecule has 0 aliphatic carbocycles. The first-order chi connectivity index (χ1) is 8.43. The van der Waals surface area contributed by atoms with Gasteiger partial charge >= 0.3 is 12.4 Å². The van der Waals surface area contributed by atoms with Crippen molar-refractivity contribution >= 4 is 21.6 Å². The van der Waals surface area contributed by atoms with Crippen molar-refractivity contribution in [2.45, 2.75) is 18.5 Å². The molecule has 19 heavy (non-hydrogen) atoms. The molecule has 1 aromatic carbocycles. The summed E-state index contributed by atoms with van der Waals surface area (Å²) < 4.78 is 89.9. The smallest absolute Gasteiger partial charge is 0.434 e. The minimum absolute atomic E-state index is 0.375. The molecule has 108 valence electrons. The zero-order valence-electron chi connectivity index (χ0n) is 8.74. The van der Waals surface area contributed by atoms with E-state index in [0.717, 1.165) is 0 Å². The van der Waals surface area contributed by atoms with Crippen LogP contribution < -0.4 is 10.5 Å². The Hall–Kier alpha value is -1.19. The standard InChI is InChI=1S/C9H5BrF7NO/c10-3-1-6(5(18)2-4(3)11)19-7(8(12,13)14)9(15,16)17/h1-2,7H,18H2. The molecule has 0 atom stereocenters. The molecule has 0 radical (unpaired) electrons. The number of anilines is 1. The highest BCUT2D eigenvalue weighted by Crippen LogP contribution is 2.39. The van der Waals surface area contributed by atoms with Crippen LogP contribution in [0.4, 0.5) is 36.4 Å². The minimum atomic E-state index is -5.68. The normalized spacial score (nSPS) is 12.9. The van der Waals surface area contributed by atoms with E-state index >= 15 is 0 Å². The first kappa shape index (κ1) is 15.9. The second-order valence-corrected chi connectivity index (χ2v) is 4.24. The van der Waals surface area contributed by atoms with Crippen molar-refractivity contribution in [1.82, 2.24) is 0 Å². The molecule has 0 saturated carbocycles. The molecule has 0 bridgehead atoms. The van der Waals surface area contributed by atoms with Gasteiger partial charge in [-0.1, -0.05) is 0 Å². The Morgan fingerprint density at radius 2 is 1.53 bits per heavy atom. The average Bonchev–Trinajstić information content (AvgIpc) is 2.17. The summed E-state index contributed by atoms with van der Waals surface area (Å²) in [7, 11) is 0. The average molecular weight is 356 g/mol. The Balaban J connectivity index is 3.15. The van der Waals surface area contributed by atoms with E-state index in [4.69, 9.17) is 5.73 Å². The van der Waals surface area contributed by atoms with E-state index in [9.17, 15) is 30.7 Å². The van der Waals surface area contributed by atoms with Gasteiger partial charge in [-0.15, -0.1) is 0 Å². The van der Waals surface area contributed by atoms with Crippen LogP contribution in [-0.4, -0.2) is 18.5 Å². The van der Waals surface area contributed by atoms with Crippen molar-refractivity contribution in [2.75, 3.05) is 5.73 Å². The Kier molecular flexibility index (Phi) is 4.23. The van der Waals surface area contributed by atoms with Gasteiger partial charge in [0.05, 0.1) is 10.2 Å². The van der Waals surface area contributed by atoms with E-state index in [0.29, 0.717) is 12.1 Å². The second-order valence-electron chi connectivity index (χ2n) is 3.39. The Bertz CT molecular complexity index is 457. The van der Waals surface area contributed by atoms with Crippen molar-refractivity contribution in [2.24, 2.45) is 0 Å². The predicted molar refractivity (Wildman–Crippen MR) is 55.0 cm³/mol. The van der Waals surface area contributed by atoms with E-state index in [2.05, 4.69) is 20.7 Å². The summed E-state index contributed by atoms with van der Waals surface area (Å²) in [5, 5.41) is 0. The lowest BCUT2D eigenvalue weighted by molar-refractivity contribution is -0.299. The fraction of sp³-hybridized carbons (Fsp3) is 0.333. The van der Waals surface area contributed by atoms with Gasteiger partial charge in [-0.3, -0.25) is 0 Å². The van der Waals surface area contributed by atoms with Gasteiger partial charge in [0, 0.05) is 6.07 Å².